The van der Waals surface area contributed by atoms with E-state index in [9.17, 15) is 14.4 Å². The molecule has 1 N–H and O–H groups in total. The van der Waals surface area contributed by atoms with Gasteiger partial charge in [0.2, 0.25) is 17.7 Å². The smallest absolute Gasteiger partial charge is 0.244 e. The van der Waals surface area contributed by atoms with Crippen molar-refractivity contribution in [3.63, 3.8) is 0 Å². The van der Waals surface area contributed by atoms with Gasteiger partial charge in [-0.05, 0) is 29.7 Å². The lowest BCUT2D eigenvalue weighted by molar-refractivity contribution is -0.133. The number of nitrogens with one attached hydrogen (secondary N) is 1. The SMILES string of the molecule is O=C1CN(C(=O)CCC(=O)N(CCc2ccccc2)Cc2ccccc2)c2ccccc2N1. The molecule has 0 spiro atoms. The van der Waals surface area contributed by atoms with Crippen LogP contribution in [0.3, 0.4) is 0 Å². The van der Waals surface area contributed by atoms with Gasteiger partial charge in [-0.1, -0.05) is 72.8 Å². The van der Waals surface area contributed by atoms with Crippen LogP contribution in [0.2, 0.25) is 0 Å². The van der Waals surface area contributed by atoms with Gasteiger partial charge in [0.15, 0.2) is 0 Å². The number of anilines is 2. The zero-order valence-corrected chi connectivity index (χ0v) is 18.4. The molecular formula is C27H27N3O3. The molecule has 1 heterocycles. The number of nitrogens with zero attached hydrogens (tertiary/aromatic N) is 2. The van der Waals surface area contributed by atoms with Crippen LogP contribution in [0.4, 0.5) is 11.4 Å². The Morgan fingerprint density at radius 3 is 2.18 bits per heavy atom. The van der Waals surface area contributed by atoms with Crippen molar-refractivity contribution in [1.29, 1.82) is 0 Å². The molecule has 1 aliphatic rings. The second kappa shape index (κ2) is 10.6. The molecule has 6 heteroatoms. The molecule has 0 aliphatic carbocycles. The molecule has 0 aromatic heterocycles. The maximum atomic E-state index is 13.1. The number of rotatable bonds is 8. The Hall–Kier alpha value is -3.93. The van der Waals surface area contributed by atoms with E-state index in [0.29, 0.717) is 24.5 Å². The molecule has 3 aromatic rings. The van der Waals surface area contributed by atoms with Gasteiger partial charge in [-0.25, -0.2) is 0 Å². The summed E-state index contributed by atoms with van der Waals surface area (Å²) in [6.45, 7) is 1.03. The van der Waals surface area contributed by atoms with Crippen LogP contribution >= 0.6 is 0 Å². The van der Waals surface area contributed by atoms with E-state index in [2.05, 4.69) is 5.32 Å². The number of hydrogen-bond acceptors (Lipinski definition) is 3. The van der Waals surface area contributed by atoms with Crippen LogP contribution in [0.5, 0.6) is 0 Å². The minimum Gasteiger partial charge on any atom is -0.338 e. The van der Waals surface area contributed by atoms with E-state index >= 15 is 0 Å². The van der Waals surface area contributed by atoms with Crippen molar-refractivity contribution in [2.45, 2.75) is 25.8 Å². The summed E-state index contributed by atoms with van der Waals surface area (Å²) in [7, 11) is 0. The summed E-state index contributed by atoms with van der Waals surface area (Å²) in [6.07, 6.45) is 0.894. The van der Waals surface area contributed by atoms with E-state index in [0.717, 1.165) is 17.5 Å². The maximum absolute atomic E-state index is 13.1. The third-order valence-corrected chi connectivity index (χ3v) is 5.71. The van der Waals surface area contributed by atoms with Crippen LogP contribution in [0.15, 0.2) is 84.9 Å². The van der Waals surface area contributed by atoms with E-state index in [1.54, 1.807) is 12.1 Å². The van der Waals surface area contributed by atoms with Crippen molar-refractivity contribution in [3.8, 4) is 0 Å². The highest BCUT2D eigenvalue weighted by Crippen LogP contribution is 2.29. The van der Waals surface area contributed by atoms with E-state index in [1.165, 1.54) is 4.90 Å². The molecule has 4 rings (SSSR count). The summed E-state index contributed by atoms with van der Waals surface area (Å²) in [5.41, 5.74) is 3.49. The third-order valence-electron chi connectivity index (χ3n) is 5.71. The molecule has 0 unspecified atom stereocenters. The summed E-state index contributed by atoms with van der Waals surface area (Å²) in [4.78, 5) is 41.4. The first kappa shape index (κ1) is 22.3. The van der Waals surface area contributed by atoms with Gasteiger partial charge in [-0.3, -0.25) is 14.4 Å². The Bertz CT molecular complexity index is 1120. The molecule has 6 nitrogen and oxygen atoms in total. The molecule has 168 valence electrons. The number of carbonyl (C=O) groups excluding carboxylic acids is 3. The normalized spacial score (nSPS) is 12.6. The van der Waals surface area contributed by atoms with Gasteiger partial charge in [-0.15, -0.1) is 0 Å². The van der Waals surface area contributed by atoms with Gasteiger partial charge < -0.3 is 15.1 Å². The van der Waals surface area contributed by atoms with Gasteiger partial charge in [0.25, 0.3) is 0 Å². The Kier molecular flexibility index (Phi) is 7.15. The number of benzene rings is 3. The zero-order chi connectivity index (χ0) is 23.0. The van der Waals surface area contributed by atoms with Crippen LogP contribution in [0.1, 0.15) is 24.0 Å². The molecule has 0 saturated carbocycles. The second-order valence-electron chi connectivity index (χ2n) is 8.08. The number of fused-ring (bicyclic) bond motifs is 1. The standard InChI is InChI=1S/C27H27N3O3/c31-25-20-30(24-14-8-7-13-23(24)28-25)27(33)16-15-26(32)29(19-22-11-5-2-6-12-22)18-17-21-9-3-1-4-10-21/h1-14H,15-20H2,(H,28,31). The van der Waals surface area contributed by atoms with Crippen molar-refractivity contribution in [3.05, 3.63) is 96.1 Å². The Morgan fingerprint density at radius 2 is 1.45 bits per heavy atom. The molecule has 0 fully saturated rings. The summed E-state index contributed by atoms with van der Waals surface area (Å²) >= 11 is 0. The van der Waals surface area contributed by atoms with Gasteiger partial charge in [0.1, 0.15) is 6.54 Å². The Morgan fingerprint density at radius 1 is 0.818 bits per heavy atom. The first-order valence-electron chi connectivity index (χ1n) is 11.1. The van der Waals surface area contributed by atoms with E-state index in [4.69, 9.17) is 0 Å². The van der Waals surface area contributed by atoms with Crippen LogP contribution < -0.4 is 10.2 Å². The third kappa shape index (κ3) is 5.86. The van der Waals surface area contributed by atoms with Crippen molar-refractivity contribution >= 4 is 29.1 Å². The number of amides is 3. The van der Waals surface area contributed by atoms with Gasteiger partial charge in [0.05, 0.1) is 11.4 Å². The number of para-hydroxylation sites is 2. The second-order valence-corrected chi connectivity index (χ2v) is 8.08. The van der Waals surface area contributed by atoms with Crippen LogP contribution in [0, 0.1) is 0 Å². The number of hydrogen-bond donors (Lipinski definition) is 1. The van der Waals surface area contributed by atoms with E-state index in [1.807, 2.05) is 77.7 Å². The molecule has 1 aliphatic heterocycles. The lowest BCUT2D eigenvalue weighted by Gasteiger charge is -2.29. The predicted octanol–water partition coefficient (Wildman–Crippen LogP) is 4.02. The molecule has 0 saturated heterocycles. The predicted molar refractivity (Wildman–Crippen MR) is 129 cm³/mol. The maximum Gasteiger partial charge on any atom is 0.244 e. The average molecular weight is 442 g/mol. The lowest BCUT2D eigenvalue weighted by atomic mass is 10.1. The highest BCUT2D eigenvalue weighted by atomic mass is 16.2. The van der Waals surface area contributed by atoms with Gasteiger partial charge >= 0.3 is 0 Å². The largest absolute Gasteiger partial charge is 0.338 e. The highest BCUT2D eigenvalue weighted by molar-refractivity contribution is 6.10. The average Bonchev–Trinajstić information content (AvgIpc) is 2.85. The molecule has 33 heavy (non-hydrogen) atoms. The van der Waals surface area contributed by atoms with Crippen molar-refractivity contribution in [2.24, 2.45) is 0 Å². The summed E-state index contributed by atoms with van der Waals surface area (Å²) in [5.74, 6) is -0.534. The monoisotopic (exact) mass is 441 g/mol. The zero-order valence-electron chi connectivity index (χ0n) is 18.4. The minimum absolute atomic E-state index is 0.0359. The topological polar surface area (TPSA) is 69.7 Å². The Labute approximate surface area is 193 Å². The first-order valence-corrected chi connectivity index (χ1v) is 11.1. The summed E-state index contributed by atoms with van der Waals surface area (Å²) in [6, 6.07) is 27.1. The fourth-order valence-corrected chi connectivity index (χ4v) is 3.97. The highest BCUT2D eigenvalue weighted by Gasteiger charge is 2.27. The van der Waals surface area contributed by atoms with Gasteiger partial charge in [-0.2, -0.15) is 0 Å². The summed E-state index contributed by atoms with van der Waals surface area (Å²) < 4.78 is 0. The van der Waals surface area contributed by atoms with Crippen LogP contribution in [-0.2, 0) is 27.3 Å². The molecule has 0 bridgehead atoms. The van der Waals surface area contributed by atoms with Crippen LogP contribution in [-0.4, -0.2) is 35.7 Å². The Balaban J connectivity index is 1.41. The lowest BCUT2D eigenvalue weighted by Crippen LogP contribution is -2.42. The van der Waals surface area contributed by atoms with Crippen molar-refractivity contribution < 1.29 is 14.4 Å². The van der Waals surface area contributed by atoms with Crippen molar-refractivity contribution in [1.82, 2.24) is 4.90 Å². The van der Waals surface area contributed by atoms with E-state index < -0.39 is 0 Å². The molecule has 0 radical (unpaired) electrons. The fourth-order valence-electron chi connectivity index (χ4n) is 3.97. The number of carbonyl (C=O) groups is 3. The molecule has 3 amide bonds. The van der Waals surface area contributed by atoms with Crippen molar-refractivity contribution in [2.75, 3.05) is 23.3 Å². The van der Waals surface area contributed by atoms with E-state index in [-0.39, 0.29) is 37.1 Å². The van der Waals surface area contributed by atoms with Gasteiger partial charge in [0, 0.05) is 25.9 Å². The minimum atomic E-state index is -0.234. The fraction of sp³-hybridized carbons (Fsp3) is 0.222. The van der Waals surface area contributed by atoms with Crippen LogP contribution in [0.25, 0.3) is 0 Å². The molecule has 3 aromatic carbocycles. The summed E-state index contributed by atoms with van der Waals surface area (Å²) in [5, 5.41) is 2.78. The molecule has 0 atom stereocenters. The quantitative estimate of drug-likeness (QED) is 0.574. The first-order chi connectivity index (χ1) is 16.1. The molecular weight excluding hydrogens is 414 g/mol.